The zero-order valence-corrected chi connectivity index (χ0v) is 8.64. The number of hydrogen-bond acceptors (Lipinski definition) is 3. The fourth-order valence-electron chi connectivity index (χ4n) is 1.86. The molecule has 1 heterocycles. The Balaban J connectivity index is 2.68. The van der Waals surface area contributed by atoms with Gasteiger partial charge < -0.3 is 10.2 Å². The van der Waals surface area contributed by atoms with Crippen LogP contribution in [-0.2, 0) is 4.79 Å². The fraction of sp³-hybridized carbons (Fsp3) is 0.889. The van der Waals surface area contributed by atoms with Gasteiger partial charge in [-0.3, -0.25) is 4.79 Å². The monoisotopic (exact) mass is 204 g/mol. The number of aliphatic hydroxyl groups is 1. The predicted octanol–water partition coefficient (Wildman–Crippen LogP) is 1.36. The molecule has 1 saturated heterocycles. The molecule has 0 aromatic carbocycles. The van der Waals surface area contributed by atoms with E-state index < -0.39 is 17.5 Å². The maximum atomic E-state index is 10.9. The van der Waals surface area contributed by atoms with Crippen LogP contribution in [0.4, 0.5) is 0 Å². The third-order valence-corrected chi connectivity index (χ3v) is 3.70. The minimum atomic E-state index is -0.953. The van der Waals surface area contributed by atoms with Gasteiger partial charge in [-0.05, 0) is 30.8 Å². The van der Waals surface area contributed by atoms with Gasteiger partial charge in [0, 0.05) is 0 Å². The Kier molecular flexibility index (Phi) is 3.62. The Labute approximate surface area is 82.5 Å². The SMILES string of the molecule is CCC(C(=O)O)C1(O)CCSCC1. The van der Waals surface area contributed by atoms with Gasteiger partial charge in [0.25, 0.3) is 0 Å². The normalized spacial score (nSPS) is 23.8. The first kappa shape index (κ1) is 10.9. The van der Waals surface area contributed by atoms with Gasteiger partial charge in [0.05, 0.1) is 11.5 Å². The first-order valence-corrected chi connectivity index (χ1v) is 5.78. The highest BCUT2D eigenvalue weighted by molar-refractivity contribution is 7.99. The Morgan fingerprint density at radius 3 is 2.46 bits per heavy atom. The summed E-state index contributed by atoms with van der Waals surface area (Å²) in [6.45, 7) is 1.82. The number of carboxylic acid groups (broad SMARTS) is 1. The van der Waals surface area contributed by atoms with Crippen LogP contribution in [0.2, 0.25) is 0 Å². The van der Waals surface area contributed by atoms with E-state index >= 15 is 0 Å². The van der Waals surface area contributed by atoms with Crippen molar-refractivity contribution in [1.82, 2.24) is 0 Å². The van der Waals surface area contributed by atoms with Crippen LogP contribution < -0.4 is 0 Å². The lowest BCUT2D eigenvalue weighted by atomic mass is 9.81. The molecule has 0 aromatic rings. The smallest absolute Gasteiger partial charge is 0.309 e. The lowest BCUT2D eigenvalue weighted by molar-refractivity contribution is -0.153. The molecule has 1 unspecified atom stereocenters. The van der Waals surface area contributed by atoms with E-state index in [-0.39, 0.29) is 0 Å². The van der Waals surface area contributed by atoms with E-state index in [0.29, 0.717) is 19.3 Å². The first-order valence-electron chi connectivity index (χ1n) is 4.63. The molecule has 1 aliphatic rings. The molecular formula is C9H16O3S. The average Bonchev–Trinajstić information content (AvgIpc) is 2.05. The lowest BCUT2D eigenvalue weighted by Crippen LogP contribution is -2.44. The van der Waals surface area contributed by atoms with Crippen LogP contribution in [0.25, 0.3) is 0 Å². The van der Waals surface area contributed by atoms with Crippen LogP contribution in [0.3, 0.4) is 0 Å². The number of carboxylic acids is 1. The van der Waals surface area contributed by atoms with Gasteiger partial charge in [-0.2, -0.15) is 11.8 Å². The average molecular weight is 204 g/mol. The molecule has 76 valence electrons. The van der Waals surface area contributed by atoms with Gasteiger partial charge >= 0.3 is 5.97 Å². The molecule has 2 N–H and O–H groups in total. The third-order valence-electron chi connectivity index (χ3n) is 2.71. The molecule has 0 radical (unpaired) electrons. The molecule has 1 atom stereocenters. The molecule has 1 fully saturated rings. The second-order valence-electron chi connectivity index (χ2n) is 3.52. The summed E-state index contributed by atoms with van der Waals surface area (Å²) in [5.74, 6) is 0.297. The van der Waals surface area contributed by atoms with Crippen molar-refractivity contribution in [1.29, 1.82) is 0 Å². The summed E-state index contributed by atoms with van der Waals surface area (Å²) in [6.07, 6.45) is 1.74. The number of carbonyl (C=O) groups is 1. The molecule has 0 amide bonds. The highest BCUT2D eigenvalue weighted by Gasteiger charge is 2.41. The van der Waals surface area contributed by atoms with Crippen molar-refractivity contribution >= 4 is 17.7 Å². The van der Waals surface area contributed by atoms with E-state index in [9.17, 15) is 9.90 Å². The van der Waals surface area contributed by atoms with Crippen LogP contribution in [0.5, 0.6) is 0 Å². The first-order chi connectivity index (χ1) is 6.10. The number of hydrogen-bond donors (Lipinski definition) is 2. The Morgan fingerprint density at radius 2 is 2.08 bits per heavy atom. The summed E-state index contributed by atoms with van der Waals surface area (Å²) >= 11 is 1.78. The second-order valence-corrected chi connectivity index (χ2v) is 4.74. The molecule has 4 heteroatoms. The second kappa shape index (κ2) is 4.33. The van der Waals surface area contributed by atoms with Crippen molar-refractivity contribution in [3.05, 3.63) is 0 Å². The third kappa shape index (κ3) is 2.38. The van der Waals surface area contributed by atoms with Crippen molar-refractivity contribution in [3.63, 3.8) is 0 Å². The van der Waals surface area contributed by atoms with Gasteiger partial charge in [0.2, 0.25) is 0 Å². The highest BCUT2D eigenvalue weighted by Crippen LogP contribution is 2.34. The van der Waals surface area contributed by atoms with Crippen molar-refractivity contribution < 1.29 is 15.0 Å². The molecular weight excluding hydrogens is 188 g/mol. The number of aliphatic carboxylic acids is 1. The summed E-state index contributed by atoms with van der Waals surface area (Å²) in [5.41, 5.74) is -0.953. The largest absolute Gasteiger partial charge is 0.481 e. The van der Waals surface area contributed by atoms with E-state index in [1.807, 2.05) is 6.92 Å². The number of rotatable bonds is 3. The Hall–Kier alpha value is -0.220. The zero-order chi connectivity index (χ0) is 9.90. The highest BCUT2D eigenvalue weighted by atomic mass is 32.2. The van der Waals surface area contributed by atoms with Crippen LogP contribution in [-0.4, -0.2) is 33.3 Å². The van der Waals surface area contributed by atoms with E-state index in [0.717, 1.165) is 11.5 Å². The summed E-state index contributed by atoms with van der Waals surface area (Å²) in [5, 5.41) is 19.0. The topological polar surface area (TPSA) is 57.5 Å². The molecule has 3 nitrogen and oxygen atoms in total. The summed E-state index contributed by atoms with van der Waals surface area (Å²) in [7, 11) is 0. The fourth-order valence-corrected chi connectivity index (χ4v) is 3.06. The van der Waals surface area contributed by atoms with Crippen LogP contribution in [0.15, 0.2) is 0 Å². The summed E-state index contributed by atoms with van der Waals surface area (Å²) in [6, 6.07) is 0. The molecule has 1 aliphatic heterocycles. The minimum Gasteiger partial charge on any atom is -0.481 e. The van der Waals surface area contributed by atoms with Gasteiger partial charge in [-0.25, -0.2) is 0 Å². The van der Waals surface area contributed by atoms with E-state index in [4.69, 9.17) is 5.11 Å². The Morgan fingerprint density at radius 1 is 1.54 bits per heavy atom. The lowest BCUT2D eigenvalue weighted by Gasteiger charge is -2.36. The van der Waals surface area contributed by atoms with Gasteiger partial charge in [0.1, 0.15) is 0 Å². The van der Waals surface area contributed by atoms with Crippen molar-refractivity contribution in [2.45, 2.75) is 31.8 Å². The molecule has 13 heavy (non-hydrogen) atoms. The van der Waals surface area contributed by atoms with Crippen LogP contribution >= 0.6 is 11.8 Å². The molecule has 1 rings (SSSR count). The predicted molar refractivity (Wildman–Crippen MR) is 52.9 cm³/mol. The molecule has 0 bridgehead atoms. The van der Waals surface area contributed by atoms with Crippen LogP contribution in [0, 0.1) is 5.92 Å². The van der Waals surface area contributed by atoms with Crippen molar-refractivity contribution in [2.75, 3.05) is 11.5 Å². The number of thioether (sulfide) groups is 1. The van der Waals surface area contributed by atoms with Gasteiger partial charge in [0.15, 0.2) is 0 Å². The zero-order valence-electron chi connectivity index (χ0n) is 7.82. The quantitative estimate of drug-likeness (QED) is 0.728. The maximum Gasteiger partial charge on any atom is 0.309 e. The van der Waals surface area contributed by atoms with E-state index in [2.05, 4.69) is 0 Å². The minimum absolute atomic E-state index is 0.510. The van der Waals surface area contributed by atoms with Gasteiger partial charge in [-0.1, -0.05) is 6.92 Å². The molecule has 0 aromatic heterocycles. The van der Waals surface area contributed by atoms with E-state index in [1.165, 1.54) is 0 Å². The van der Waals surface area contributed by atoms with E-state index in [1.54, 1.807) is 11.8 Å². The van der Waals surface area contributed by atoms with Crippen molar-refractivity contribution in [2.24, 2.45) is 5.92 Å². The summed E-state index contributed by atoms with van der Waals surface area (Å²) < 4.78 is 0. The molecule has 0 saturated carbocycles. The Bertz CT molecular complexity index is 187. The van der Waals surface area contributed by atoms with Gasteiger partial charge in [-0.15, -0.1) is 0 Å². The van der Waals surface area contributed by atoms with Crippen LogP contribution in [0.1, 0.15) is 26.2 Å². The maximum absolute atomic E-state index is 10.9. The van der Waals surface area contributed by atoms with Crippen molar-refractivity contribution in [3.8, 4) is 0 Å². The summed E-state index contributed by atoms with van der Waals surface area (Å²) in [4.78, 5) is 10.9. The molecule has 0 aliphatic carbocycles. The standard InChI is InChI=1S/C9H16O3S/c1-2-7(8(10)11)9(12)3-5-13-6-4-9/h7,12H,2-6H2,1H3,(H,10,11). The molecule has 0 spiro atoms.